The Morgan fingerprint density at radius 2 is 1.61 bits per heavy atom. The molecule has 1 aromatic carbocycles. The first-order chi connectivity index (χ1) is 10.3. The van der Waals surface area contributed by atoms with E-state index in [4.69, 9.17) is 0 Å². The zero-order valence-corrected chi connectivity index (χ0v) is 15.3. The predicted molar refractivity (Wildman–Crippen MR) is 101 cm³/mol. The van der Waals surface area contributed by atoms with Crippen molar-refractivity contribution in [2.45, 2.75) is 54.5 Å². The topological polar surface area (TPSA) is 8.81 Å². The van der Waals surface area contributed by atoms with Gasteiger partial charge in [0.15, 0.2) is 11.0 Å². The minimum atomic E-state index is 0. The highest BCUT2D eigenvalue weighted by molar-refractivity contribution is 7.13. The molecule has 0 saturated heterocycles. The molecular weight excluding hydrogens is 300 g/mol. The molecule has 0 amide bonds. The van der Waals surface area contributed by atoms with E-state index in [0.717, 1.165) is 0 Å². The number of nitrogens with zero attached hydrogens (tertiary/aromatic N) is 2. The lowest BCUT2D eigenvalue weighted by atomic mass is 9.94. The minimum absolute atomic E-state index is 0. The van der Waals surface area contributed by atoms with Crippen LogP contribution in [0.3, 0.4) is 0 Å². The van der Waals surface area contributed by atoms with Crippen LogP contribution in [0.2, 0.25) is 0 Å². The van der Waals surface area contributed by atoms with Gasteiger partial charge in [0.25, 0.3) is 0 Å². The molecule has 3 heteroatoms. The van der Waals surface area contributed by atoms with Crippen molar-refractivity contribution in [3.05, 3.63) is 39.3 Å². The van der Waals surface area contributed by atoms with Gasteiger partial charge in [-0.15, -0.1) is 11.3 Å². The van der Waals surface area contributed by atoms with E-state index < -0.39 is 0 Å². The maximum atomic E-state index is 2.57. The van der Waals surface area contributed by atoms with E-state index in [9.17, 15) is 0 Å². The lowest BCUT2D eigenvalue weighted by Gasteiger charge is -2.19. The zero-order chi connectivity index (χ0) is 16.0. The van der Waals surface area contributed by atoms with Crippen molar-refractivity contribution < 1.29 is 4.57 Å². The summed E-state index contributed by atoms with van der Waals surface area (Å²) in [7, 11) is 2.22. The van der Waals surface area contributed by atoms with E-state index in [1.165, 1.54) is 49.6 Å². The van der Waals surface area contributed by atoms with Crippen LogP contribution in [-0.2, 0) is 12.6 Å². The Hall–Kier alpha value is -1.61. The van der Waals surface area contributed by atoms with Crippen LogP contribution in [0.15, 0.2) is 11.4 Å². The number of rotatable bonds is 0. The second-order valence-electron chi connectivity index (χ2n) is 7.14. The van der Waals surface area contributed by atoms with Gasteiger partial charge in [-0.05, 0) is 64.1 Å². The molecular formula is C20H27N2S+. The highest BCUT2D eigenvalue weighted by Crippen LogP contribution is 2.48. The molecule has 3 heterocycles. The molecule has 0 bridgehead atoms. The van der Waals surface area contributed by atoms with Crippen molar-refractivity contribution in [1.82, 2.24) is 4.57 Å². The Balaban J connectivity index is 0.00000156. The Bertz CT molecular complexity index is 954. The van der Waals surface area contributed by atoms with Gasteiger partial charge in [0.2, 0.25) is 0 Å². The number of thiophene rings is 1. The summed E-state index contributed by atoms with van der Waals surface area (Å²) in [6, 6.07) is 2.29. The summed E-state index contributed by atoms with van der Waals surface area (Å²) in [4.78, 5) is 1.43. The lowest BCUT2D eigenvalue weighted by molar-refractivity contribution is -0.634. The molecule has 0 radical (unpaired) electrons. The molecule has 0 spiro atoms. The number of aromatic nitrogens is 2. The minimum Gasteiger partial charge on any atom is -0.225 e. The van der Waals surface area contributed by atoms with Gasteiger partial charge in [-0.2, -0.15) is 0 Å². The van der Waals surface area contributed by atoms with Gasteiger partial charge in [0, 0.05) is 16.7 Å². The van der Waals surface area contributed by atoms with Crippen molar-refractivity contribution in [2.24, 2.45) is 7.05 Å². The molecule has 1 aliphatic heterocycles. The first kappa shape index (κ1) is 16.3. The quantitative estimate of drug-likeness (QED) is 0.504. The molecule has 23 heavy (non-hydrogen) atoms. The molecule has 1 aliphatic rings. The van der Waals surface area contributed by atoms with Crippen molar-refractivity contribution >= 4 is 22.4 Å². The van der Waals surface area contributed by atoms with E-state index in [0.29, 0.717) is 0 Å². The molecule has 0 atom stereocenters. The zero-order valence-electron chi connectivity index (χ0n) is 14.5. The van der Waals surface area contributed by atoms with Crippen LogP contribution >= 0.6 is 11.3 Å². The van der Waals surface area contributed by atoms with Crippen LogP contribution in [0.25, 0.3) is 21.7 Å². The number of aryl methyl sites for hydroxylation is 3. The number of benzene rings is 1. The van der Waals surface area contributed by atoms with E-state index in [1.54, 1.807) is 0 Å². The standard InChI is InChI=1S/C19H23N2S.CH4/c1-10-11(2)13(4)16-15(12(10)3)20(7)18-17-14(8-9-22-17)19(5,6)21(16)18;/h8-9H,1-7H3;1H4/q+1;. The second kappa shape index (κ2) is 4.70. The largest absolute Gasteiger partial charge is 0.301 e. The van der Waals surface area contributed by atoms with E-state index in [-0.39, 0.29) is 13.0 Å². The molecule has 0 fully saturated rings. The number of fused-ring (bicyclic) bond motifs is 5. The average Bonchev–Trinajstić information content (AvgIpc) is 3.09. The molecule has 0 aliphatic carbocycles. The monoisotopic (exact) mass is 327 g/mol. The fraction of sp³-hybridized carbons (Fsp3) is 0.450. The summed E-state index contributed by atoms with van der Waals surface area (Å²) in [5, 5.41) is 2.23. The normalized spacial score (nSPS) is 14.7. The van der Waals surface area contributed by atoms with Gasteiger partial charge >= 0.3 is 5.82 Å². The molecule has 2 aromatic heterocycles. The van der Waals surface area contributed by atoms with Gasteiger partial charge in [0.05, 0.1) is 7.05 Å². The van der Waals surface area contributed by atoms with Crippen LogP contribution in [0.4, 0.5) is 0 Å². The third-order valence-corrected chi connectivity index (χ3v) is 6.71. The Morgan fingerprint density at radius 1 is 1.00 bits per heavy atom. The number of hydrogen-bond acceptors (Lipinski definition) is 1. The maximum Gasteiger partial charge on any atom is 0.301 e. The Morgan fingerprint density at radius 3 is 2.26 bits per heavy atom. The first-order valence-corrected chi connectivity index (χ1v) is 8.76. The van der Waals surface area contributed by atoms with Crippen molar-refractivity contribution in [1.29, 1.82) is 0 Å². The summed E-state index contributed by atoms with van der Waals surface area (Å²) >= 11 is 1.86. The lowest BCUT2D eigenvalue weighted by Crippen LogP contribution is -2.30. The smallest absolute Gasteiger partial charge is 0.225 e. The van der Waals surface area contributed by atoms with Crippen molar-refractivity contribution in [3.63, 3.8) is 0 Å². The van der Waals surface area contributed by atoms with Crippen molar-refractivity contribution in [3.8, 4) is 10.7 Å². The number of hydrogen-bond donors (Lipinski definition) is 0. The van der Waals surface area contributed by atoms with Crippen LogP contribution in [0, 0.1) is 27.7 Å². The van der Waals surface area contributed by atoms with Crippen molar-refractivity contribution in [2.75, 3.05) is 0 Å². The van der Waals surface area contributed by atoms with Gasteiger partial charge in [-0.25, -0.2) is 9.13 Å². The van der Waals surface area contributed by atoms with Crippen LogP contribution in [-0.4, -0.2) is 4.57 Å². The van der Waals surface area contributed by atoms with E-state index in [2.05, 4.69) is 69.2 Å². The molecule has 0 N–H and O–H groups in total. The SMILES string of the molecule is C.Cc1c(C)c(C)c2c(c1C)n1c([n+]2C)-c2sccc2C1(C)C. The Labute approximate surface area is 143 Å². The summed E-state index contributed by atoms with van der Waals surface area (Å²) in [5.41, 5.74) is 9.96. The fourth-order valence-corrected chi connectivity index (χ4v) is 5.32. The summed E-state index contributed by atoms with van der Waals surface area (Å²) in [6.45, 7) is 13.7. The molecule has 0 unspecified atom stereocenters. The third kappa shape index (κ3) is 1.66. The van der Waals surface area contributed by atoms with Crippen LogP contribution in [0.1, 0.15) is 49.1 Å². The fourth-order valence-electron chi connectivity index (χ4n) is 4.20. The summed E-state index contributed by atoms with van der Waals surface area (Å²) < 4.78 is 4.98. The van der Waals surface area contributed by atoms with Gasteiger partial charge in [-0.3, -0.25) is 0 Å². The highest BCUT2D eigenvalue weighted by atomic mass is 32.1. The molecule has 4 rings (SSSR count). The molecule has 3 aromatic rings. The second-order valence-corrected chi connectivity index (χ2v) is 8.05. The van der Waals surface area contributed by atoms with E-state index in [1.807, 2.05) is 11.3 Å². The maximum absolute atomic E-state index is 2.57. The van der Waals surface area contributed by atoms with Gasteiger partial charge < -0.3 is 0 Å². The van der Waals surface area contributed by atoms with Crippen LogP contribution < -0.4 is 4.57 Å². The molecule has 2 nitrogen and oxygen atoms in total. The first-order valence-electron chi connectivity index (χ1n) is 7.88. The molecule has 122 valence electrons. The van der Waals surface area contributed by atoms with E-state index >= 15 is 0 Å². The summed E-state index contributed by atoms with van der Waals surface area (Å²) in [5.74, 6) is 1.36. The van der Waals surface area contributed by atoms with Crippen LogP contribution in [0.5, 0.6) is 0 Å². The summed E-state index contributed by atoms with van der Waals surface area (Å²) in [6.07, 6.45) is 0. The van der Waals surface area contributed by atoms with Gasteiger partial charge in [0.1, 0.15) is 10.4 Å². The molecule has 0 saturated carbocycles. The average molecular weight is 328 g/mol. The van der Waals surface area contributed by atoms with Gasteiger partial charge in [-0.1, -0.05) is 7.43 Å². The Kier molecular flexibility index (Phi) is 3.32. The highest BCUT2D eigenvalue weighted by Gasteiger charge is 2.47. The third-order valence-electron chi connectivity index (χ3n) is 5.80. The predicted octanol–water partition coefficient (Wildman–Crippen LogP) is 5.16. The number of imidazole rings is 1.